The molecule has 0 aromatic heterocycles. The summed E-state index contributed by atoms with van der Waals surface area (Å²) in [5, 5.41) is 5.19. The number of amides is 2. The first-order chi connectivity index (χ1) is 16.1. The molecule has 0 bridgehead atoms. The van der Waals surface area contributed by atoms with E-state index in [-0.39, 0.29) is 10.8 Å². The van der Waals surface area contributed by atoms with E-state index >= 15 is 0 Å². The van der Waals surface area contributed by atoms with Crippen molar-refractivity contribution in [1.29, 1.82) is 0 Å². The van der Waals surface area contributed by atoms with Gasteiger partial charge in [-0.3, -0.25) is 9.59 Å². The molecule has 2 N–H and O–H groups in total. The summed E-state index contributed by atoms with van der Waals surface area (Å²) < 4.78 is 31.5. The van der Waals surface area contributed by atoms with Crippen molar-refractivity contribution in [3.05, 3.63) is 60.2 Å². The van der Waals surface area contributed by atoms with E-state index in [1.54, 1.807) is 58.0 Å². The SMILES string of the molecule is CCN(CC)S(=O)(=O)c1ccc(NC(=O)COC(=O)[C@@H](NC(=O)c2ccccc2)C(C)C)cc1. The number of rotatable bonds is 11. The molecule has 10 heteroatoms. The fourth-order valence-electron chi connectivity index (χ4n) is 3.16. The molecule has 2 amide bonds. The summed E-state index contributed by atoms with van der Waals surface area (Å²) in [6, 6.07) is 13.3. The predicted octanol–water partition coefficient (Wildman–Crippen LogP) is 2.65. The van der Waals surface area contributed by atoms with Gasteiger partial charge in [-0.1, -0.05) is 45.9 Å². The van der Waals surface area contributed by atoms with Crippen molar-refractivity contribution < 1.29 is 27.5 Å². The van der Waals surface area contributed by atoms with E-state index in [9.17, 15) is 22.8 Å². The Hall–Kier alpha value is -3.24. The molecular weight excluding hydrogens is 458 g/mol. The summed E-state index contributed by atoms with van der Waals surface area (Å²) in [4.78, 5) is 37.2. The number of carbonyl (C=O) groups excluding carboxylic acids is 3. The topological polar surface area (TPSA) is 122 Å². The molecule has 0 heterocycles. The fraction of sp³-hybridized carbons (Fsp3) is 0.375. The van der Waals surface area contributed by atoms with Gasteiger partial charge in [-0.25, -0.2) is 13.2 Å². The maximum absolute atomic E-state index is 12.5. The van der Waals surface area contributed by atoms with E-state index in [0.29, 0.717) is 24.3 Å². The van der Waals surface area contributed by atoms with Crippen molar-refractivity contribution in [2.75, 3.05) is 25.0 Å². The van der Waals surface area contributed by atoms with Crippen molar-refractivity contribution in [3.63, 3.8) is 0 Å². The number of esters is 1. The van der Waals surface area contributed by atoms with Crippen LogP contribution in [0.5, 0.6) is 0 Å². The van der Waals surface area contributed by atoms with Crippen LogP contribution in [0.1, 0.15) is 38.1 Å². The monoisotopic (exact) mass is 489 g/mol. The number of nitrogens with zero attached hydrogens (tertiary/aromatic N) is 1. The van der Waals surface area contributed by atoms with Gasteiger partial charge in [0.15, 0.2) is 6.61 Å². The number of hydrogen-bond acceptors (Lipinski definition) is 6. The van der Waals surface area contributed by atoms with Gasteiger partial charge in [0.2, 0.25) is 10.0 Å². The molecule has 0 saturated carbocycles. The first kappa shape index (κ1) is 27.0. The number of ether oxygens (including phenoxy) is 1. The highest BCUT2D eigenvalue weighted by atomic mass is 32.2. The molecule has 0 spiro atoms. The Kier molecular flexibility index (Phi) is 9.76. The van der Waals surface area contributed by atoms with Crippen LogP contribution in [0.25, 0.3) is 0 Å². The summed E-state index contributed by atoms with van der Waals surface area (Å²) in [6.07, 6.45) is 0. The quantitative estimate of drug-likeness (QED) is 0.468. The van der Waals surface area contributed by atoms with Crippen molar-refractivity contribution in [3.8, 4) is 0 Å². The molecule has 34 heavy (non-hydrogen) atoms. The van der Waals surface area contributed by atoms with Gasteiger partial charge in [-0.15, -0.1) is 0 Å². The molecule has 0 saturated heterocycles. The Morgan fingerprint density at radius 1 is 0.941 bits per heavy atom. The molecule has 184 valence electrons. The van der Waals surface area contributed by atoms with E-state index in [1.807, 2.05) is 0 Å². The molecule has 0 unspecified atom stereocenters. The minimum atomic E-state index is -3.60. The standard InChI is InChI=1S/C24H31N3O6S/c1-5-27(6-2)34(31,32)20-14-12-19(13-15-20)25-21(28)16-33-24(30)22(17(3)4)26-23(29)18-10-8-7-9-11-18/h7-15,17,22H,5-6,16H2,1-4H3,(H,25,28)(H,26,29)/t22-/m0/s1. The van der Waals surface area contributed by atoms with E-state index in [1.165, 1.54) is 28.6 Å². The molecular formula is C24H31N3O6S. The van der Waals surface area contributed by atoms with Gasteiger partial charge < -0.3 is 15.4 Å². The van der Waals surface area contributed by atoms with Gasteiger partial charge in [0.05, 0.1) is 4.90 Å². The highest BCUT2D eigenvalue weighted by molar-refractivity contribution is 7.89. The number of anilines is 1. The van der Waals surface area contributed by atoms with Crippen molar-refractivity contribution in [1.82, 2.24) is 9.62 Å². The lowest BCUT2D eigenvalue weighted by molar-refractivity contribution is -0.150. The normalized spacial score (nSPS) is 12.3. The Morgan fingerprint density at radius 2 is 1.53 bits per heavy atom. The number of hydrogen-bond donors (Lipinski definition) is 2. The van der Waals surface area contributed by atoms with E-state index < -0.39 is 40.5 Å². The smallest absolute Gasteiger partial charge is 0.329 e. The number of benzene rings is 2. The Morgan fingerprint density at radius 3 is 2.06 bits per heavy atom. The van der Waals surface area contributed by atoms with Crippen LogP contribution in [0.2, 0.25) is 0 Å². The summed E-state index contributed by atoms with van der Waals surface area (Å²) >= 11 is 0. The largest absolute Gasteiger partial charge is 0.454 e. The Balaban J connectivity index is 1.94. The number of carbonyl (C=O) groups is 3. The molecule has 1 atom stereocenters. The Labute approximate surface area is 200 Å². The zero-order valence-corrected chi connectivity index (χ0v) is 20.6. The van der Waals surface area contributed by atoms with Gasteiger partial charge in [-0.2, -0.15) is 4.31 Å². The van der Waals surface area contributed by atoms with Crippen LogP contribution in [-0.4, -0.2) is 56.2 Å². The molecule has 0 aliphatic heterocycles. The van der Waals surface area contributed by atoms with Crippen LogP contribution in [-0.2, 0) is 24.3 Å². The molecule has 2 aromatic carbocycles. The summed E-state index contributed by atoms with van der Waals surface area (Å²) in [7, 11) is -3.60. The number of sulfonamides is 1. The lowest BCUT2D eigenvalue weighted by Crippen LogP contribution is -2.45. The average Bonchev–Trinajstić information content (AvgIpc) is 2.82. The first-order valence-corrected chi connectivity index (χ1v) is 12.5. The van der Waals surface area contributed by atoms with E-state index in [4.69, 9.17) is 4.74 Å². The summed E-state index contributed by atoms with van der Waals surface area (Å²) in [5.41, 5.74) is 0.766. The van der Waals surface area contributed by atoms with Crippen LogP contribution < -0.4 is 10.6 Å². The summed E-state index contributed by atoms with van der Waals surface area (Å²) in [6.45, 7) is 7.18. The molecule has 2 rings (SSSR count). The second-order valence-corrected chi connectivity index (χ2v) is 9.77. The third-order valence-corrected chi connectivity index (χ3v) is 7.13. The number of nitrogens with one attached hydrogen (secondary N) is 2. The predicted molar refractivity (Wildman–Crippen MR) is 129 cm³/mol. The van der Waals surface area contributed by atoms with Crippen LogP contribution in [0.4, 0.5) is 5.69 Å². The average molecular weight is 490 g/mol. The molecule has 9 nitrogen and oxygen atoms in total. The molecule has 0 aliphatic carbocycles. The maximum Gasteiger partial charge on any atom is 0.329 e. The zero-order chi connectivity index (χ0) is 25.3. The van der Waals surface area contributed by atoms with Crippen LogP contribution in [0.3, 0.4) is 0 Å². The van der Waals surface area contributed by atoms with Gasteiger partial charge in [0, 0.05) is 24.3 Å². The highest BCUT2D eigenvalue weighted by Gasteiger charge is 2.27. The summed E-state index contributed by atoms with van der Waals surface area (Å²) in [5.74, 6) is -2.00. The van der Waals surface area contributed by atoms with E-state index in [0.717, 1.165) is 0 Å². The van der Waals surface area contributed by atoms with Crippen LogP contribution >= 0.6 is 0 Å². The zero-order valence-electron chi connectivity index (χ0n) is 19.8. The fourth-order valence-corrected chi connectivity index (χ4v) is 4.62. The molecule has 0 aliphatic rings. The lowest BCUT2D eigenvalue weighted by Gasteiger charge is -2.21. The molecule has 2 aromatic rings. The van der Waals surface area contributed by atoms with Crippen molar-refractivity contribution in [2.45, 2.75) is 38.6 Å². The van der Waals surface area contributed by atoms with E-state index in [2.05, 4.69) is 10.6 Å². The molecule has 0 radical (unpaired) electrons. The van der Waals surface area contributed by atoms with Gasteiger partial charge in [0.1, 0.15) is 6.04 Å². The maximum atomic E-state index is 12.5. The first-order valence-electron chi connectivity index (χ1n) is 11.0. The minimum absolute atomic E-state index is 0.120. The third kappa shape index (κ3) is 7.13. The van der Waals surface area contributed by atoms with Gasteiger partial charge in [0.25, 0.3) is 11.8 Å². The van der Waals surface area contributed by atoms with Crippen LogP contribution in [0.15, 0.2) is 59.5 Å². The third-order valence-electron chi connectivity index (χ3n) is 5.07. The second kappa shape index (κ2) is 12.3. The van der Waals surface area contributed by atoms with Crippen LogP contribution in [0, 0.1) is 5.92 Å². The highest BCUT2D eigenvalue weighted by Crippen LogP contribution is 2.18. The second-order valence-electron chi connectivity index (χ2n) is 7.83. The Bertz CT molecular complexity index is 1080. The minimum Gasteiger partial charge on any atom is -0.454 e. The molecule has 0 fully saturated rings. The van der Waals surface area contributed by atoms with Crippen molar-refractivity contribution >= 4 is 33.5 Å². The van der Waals surface area contributed by atoms with Gasteiger partial charge >= 0.3 is 5.97 Å². The lowest BCUT2D eigenvalue weighted by atomic mass is 10.0. The van der Waals surface area contributed by atoms with Crippen molar-refractivity contribution in [2.24, 2.45) is 5.92 Å². The van der Waals surface area contributed by atoms with Gasteiger partial charge in [-0.05, 0) is 42.3 Å².